The summed E-state index contributed by atoms with van der Waals surface area (Å²) in [6.07, 6.45) is 1.46. The second-order valence-corrected chi connectivity index (χ2v) is 6.34. The van der Waals surface area contributed by atoms with Gasteiger partial charge in [-0.15, -0.1) is 0 Å². The molecule has 27 heavy (non-hydrogen) atoms. The van der Waals surface area contributed by atoms with Gasteiger partial charge in [-0.25, -0.2) is 4.79 Å². The Morgan fingerprint density at radius 2 is 2.19 bits per heavy atom. The number of nitro groups is 1. The molecular weight excluding hydrogens is 374 g/mol. The minimum absolute atomic E-state index is 0.0711. The van der Waals surface area contributed by atoms with Gasteiger partial charge in [0.2, 0.25) is 0 Å². The van der Waals surface area contributed by atoms with Crippen molar-refractivity contribution in [3.8, 4) is 11.3 Å². The van der Waals surface area contributed by atoms with Gasteiger partial charge in [-0.05, 0) is 43.0 Å². The molecule has 0 saturated carbocycles. The van der Waals surface area contributed by atoms with Gasteiger partial charge in [0.25, 0.3) is 11.6 Å². The van der Waals surface area contributed by atoms with Crippen LogP contribution in [-0.2, 0) is 9.53 Å². The second-order valence-electron chi connectivity index (χ2n) is 5.28. The number of hydrogen-bond acceptors (Lipinski definition) is 8. The number of furan rings is 1. The number of nitrogens with zero attached hydrogens (tertiary/aromatic N) is 2. The summed E-state index contributed by atoms with van der Waals surface area (Å²) in [6, 6.07) is 7.07. The average molecular weight is 387 g/mol. The Bertz CT molecular complexity index is 1010. The molecule has 3 rings (SSSR count). The van der Waals surface area contributed by atoms with Gasteiger partial charge < -0.3 is 14.9 Å². The van der Waals surface area contributed by atoms with Crippen LogP contribution in [0.5, 0.6) is 0 Å². The zero-order valence-electron chi connectivity index (χ0n) is 14.0. The van der Waals surface area contributed by atoms with Gasteiger partial charge in [-0.3, -0.25) is 14.9 Å². The van der Waals surface area contributed by atoms with Crippen LogP contribution >= 0.6 is 11.8 Å². The number of nitro benzene ring substituents is 1. The summed E-state index contributed by atoms with van der Waals surface area (Å²) in [6.45, 7) is 1.81. The third-order valence-electron chi connectivity index (χ3n) is 3.51. The van der Waals surface area contributed by atoms with Crippen LogP contribution in [-0.4, -0.2) is 28.6 Å². The van der Waals surface area contributed by atoms with E-state index in [1.165, 1.54) is 24.3 Å². The van der Waals surface area contributed by atoms with E-state index in [9.17, 15) is 19.7 Å². The predicted octanol–water partition coefficient (Wildman–Crippen LogP) is 2.96. The summed E-state index contributed by atoms with van der Waals surface area (Å²) in [4.78, 5) is 38.1. The van der Waals surface area contributed by atoms with Crippen molar-refractivity contribution in [3.63, 3.8) is 0 Å². The Morgan fingerprint density at radius 1 is 1.41 bits per heavy atom. The average Bonchev–Trinajstić information content (AvgIpc) is 3.21. The molecule has 0 atom stereocenters. The summed E-state index contributed by atoms with van der Waals surface area (Å²) in [7, 11) is 0. The SMILES string of the molecule is CCOC(=O)c1ccc(-c2ccc(C=C3SC(N)=NC3=O)o2)c([N+](=O)[O-])c1. The van der Waals surface area contributed by atoms with Gasteiger partial charge >= 0.3 is 5.97 Å². The number of amidine groups is 1. The highest BCUT2D eigenvalue weighted by Crippen LogP contribution is 2.34. The van der Waals surface area contributed by atoms with Crippen LogP contribution in [0.2, 0.25) is 0 Å². The number of amides is 1. The van der Waals surface area contributed by atoms with Crippen molar-refractivity contribution in [2.75, 3.05) is 6.61 Å². The Kier molecular flexibility index (Phi) is 5.08. The molecule has 0 fully saturated rings. The number of carbonyl (C=O) groups is 2. The van der Waals surface area contributed by atoms with Gasteiger partial charge in [0.05, 0.1) is 27.6 Å². The molecule has 0 unspecified atom stereocenters. The standard InChI is InChI=1S/C17H13N3O6S/c1-2-25-16(22)9-3-5-11(12(7-9)20(23)24)13-6-4-10(26-13)8-14-15(21)19-17(18)27-14/h3-8H,2H2,1H3,(H2,18,19,21). The van der Waals surface area contributed by atoms with Crippen LogP contribution in [0.25, 0.3) is 17.4 Å². The fourth-order valence-electron chi connectivity index (χ4n) is 2.36. The van der Waals surface area contributed by atoms with Crippen LogP contribution in [0.15, 0.2) is 44.6 Å². The van der Waals surface area contributed by atoms with E-state index < -0.39 is 16.8 Å². The van der Waals surface area contributed by atoms with E-state index in [1.807, 2.05) is 0 Å². The van der Waals surface area contributed by atoms with Crippen LogP contribution in [0.4, 0.5) is 5.69 Å². The fraction of sp³-hybridized carbons (Fsp3) is 0.118. The molecule has 1 aromatic carbocycles. The molecule has 138 valence electrons. The number of thioether (sulfide) groups is 1. The Balaban J connectivity index is 1.94. The summed E-state index contributed by atoms with van der Waals surface area (Å²) < 4.78 is 10.5. The van der Waals surface area contributed by atoms with E-state index in [-0.39, 0.29) is 34.3 Å². The molecule has 1 aliphatic rings. The molecule has 0 aliphatic carbocycles. The summed E-state index contributed by atoms with van der Waals surface area (Å²) in [5.41, 5.74) is 5.45. The second kappa shape index (κ2) is 7.46. The van der Waals surface area contributed by atoms with Crippen molar-refractivity contribution in [1.82, 2.24) is 0 Å². The number of aliphatic imine (C=N–C) groups is 1. The number of rotatable bonds is 5. The van der Waals surface area contributed by atoms with E-state index in [2.05, 4.69) is 4.99 Å². The maximum absolute atomic E-state index is 11.8. The number of esters is 1. The third kappa shape index (κ3) is 3.90. The molecule has 1 amide bonds. The van der Waals surface area contributed by atoms with Gasteiger partial charge in [0.1, 0.15) is 11.5 Å². The number of hydrogen-bond donors (Lipinski definition) is 1. The molecule has 0 saturated heterocycles. The van der Waals surface area contributed by atoms with Gasteiger partial charge in [-0.2, -0.15) is 4.99 Å². The summed E-state index contributed by atoms with van der Waals surface area (Å²) in [5.74, 6) is -0.589. The minimum Gasteiger partial charge on any atom is -0.462 e. The van der Waals surface area contributed by atoms with Crippen molar-refractivity contribution < 1.29 is 23.7 Å². The molecule has 0 spiro atoms. The highest BCUT2D eigenvalue weighted by Gasteiger charge is 2.23. The first kappa shape index (κ1) is 18.4. The number of ether oxygens (including phenoxy) is 1. The third-order valence-corrected chi connectivity index (χ3v) is 4.32. The topological polar surface area (TPSA) is 138 Å². The highest BCUT2D eigenvalue weighted by molar-refractivity contribution is 8.18. The quantitative estimate of drug-likeness (QED) is 0.358. The normalized spacial score (nSPS) is 15.1. The molecule has 0 bridgehead atoms. The molecule has 1 aromatic heterocycles. The number of benzene rings is 1. The summed E-state index contributed by atoms with van der Waals surface area (Å²) in [5, 5.41) is 11.6. The monoisotopic (exact) mass is 387 g/mol. The van der Waals surface area contributed by atoms with Crippen molar-refractivity contribution in [3.05, 3.63) is 56.7 Å². The van der Waals surface area contributed by atoms with Crippen molar-refractivity contribution in [1.29, 1.82) is 0 Å². The first-order valence-corrected chi connectivity index (χ1v) is 8.54. The lowest BCUT2D eigenvalue weighted by atomic mass is 10.1. The molecule has 1 aliphatic heterocycles. The summed E-state index contributed by atoms with van der Waals surface area (Å²) >= 11 is 1.01. The molecule has 9 nitrogen and oxygen atoms in total. The first-order valence-electron chi connectivity index (χ1n) is 7.73. The lowest BCUT2D eigenvalue weighted by molar-refractivity contribution is -0.384. The van der Waals surface area contributed by atoms with Crippen molar-refractivity contribution in [2.45, 2.75) is 6.92 Å². The van der Waals surface area contributed by atoms with Crippen LogP contribution in [0.3, 0.4) is 0 Å². The maximum Gasteiger partial charge on any atom is 0.338 e. The first-order chi connectivity index (χ1) is 12.9. The molecule has 2 N–H and O–H groups in total. The van der Waals surface area contributed by atoms with Crippen molar-refractivity contribution >= 4 is 40.6 Å². The predicted molar refractivity (Wildman–Crippen MR) is 99.0 cm³/mol. The highest BCUT2D eigenvalue weighted by atomic mass is 32.2. The van der Waals surface area contributed by atoms with Gasteiger partial charge in [0, 0.05) is 12.1 Å². The van der Waals surface area contributed by atoms with Crippen LogP contribution in [0.1, 0.15) is 23.0 Å². The Hall–Kier alpha value is -3.40. The van der Waals surface area contributed by atoms with E-state index in [0.717, 1.165) is 17.8 Å². The fourth-order valence-corrected chi connectivity index (χ4v) is 3.02. The smallest absolute Gasteiger partial charge is 0.338 e. The van der Waals surface area contributed by atoms with Gasteiger partial charge in [0.15, 0.2) is 5.17 Å². The molecule has 0 radical (unpaired) electrons. The zero-order chi connectivity index (χ0) is 19.6. The Labute approximate surface area is 157 Å². The molecule has 2 heterocycles. The van der Waals surface area contributed by atoms with Crippen molar-refractivity contribution in [2.24, 2.45) is 10.7 Å². The van der Waals surface area contributed by atoms with Crippen LogP contribution in [0, 0.1) is 10.1 Å². The lowest BCUT2D eigenvalue weighted by Gasteiger charge is -2.04. The largest absolute Gasteiger partial charge is 0.462 e. The molecule has 2 aromatic rings. The minimum atomic E-state index is -0.647. The van der Waals surface area contributed by atoms with Crippen LogP contribution < -0.4 is 5.73 Å². The molecular formula is C17H13N3O6S. The lowest BCUT2D eigenvalue weighted by Crippen LogP contribution is -2.05. The van der Waals surface area contributed by atoms with Gasteiger partial charge in [-0.1, -0.05) is 0 Å². The van der Waals surface area contributed by atoms with E-state index >= 15 is 0 Å². The Morgan fingerprint density at radius 3 is 2.81 bits per heavy atom. The number of carbonyl (C=O) groups excluding carboxylic acids is 2. The van der Waals surface area contributed by atoms with E-state index in [0.29, 0.717) is 10.7 Å². The zero-order valence-corrected chi connectivity index (χ0v) is 14.8. The van der Waals surface area contributed by atoms with E-state index in [4.69, 9.17) is 14.9 Å². The van der Waals surface area contributed by atoms with E-state index in [1.54, 1.807) is 13.0 Å². The molecule has 10 heteroatoms. The maximum atomic E-state index is 11.8. The number of nitrogens with two attached hydrogens (primary N) is 1.